The minimum atomic E-state index is -1.26. The van der Waals surface area contributed by atoms with Gasteiger partial charge in [0.2, 0.25) is 11.8 Å². The molecular weight excluding hydrogens is 851 g/mol. The minimum Gasteiger partial charge on any atom is -0.378 e. The van der Waals surface area contributed by atoms with Crippen molar-refractivity contribution in [1.82, 2.24) is 35.1 Å². The van der Waals surface area contributed by atoms with Gasteiger partial charge in [0.25, 0.3) is 11.8 Å². The van der Waals surface area contributed by atoms with Crippen LogP contribution in [0.1, 0.15) is 83.7 Å². The highest BCUT2D eigenvalue weighted by molar-refractivity contribution is 5.97. The summed E-state index contributed by atoms with van der Waals surface area (Å²) in [6, 6.07) is 16.6. The number of carbonyl (C=O) groups excluding carboxylic acids is 5. The Morgan fingerprint density at radius 3 is 2.57 bits per heavy atom. The van der Waals surface area contributed by atoms with Gasteiger partial charge in [0.1, 0.15) is 30.6 Å². The van der Waals surface area contributed by atoms with Crippen LogP contribution in [0.4, 0.5) is 0 Å². The fraction of sp³-hybridized carbons (Fsp3) is 0.500. The number of amides is 4. The summed E-state index contributed by atoms with van der Waals surface area (Å²) in [5, 5.41) is 5.62. The second kappa shape index (κ2) is 19.1. The fourth-order valence-electron chi connectivity index (χ4n) is 10.6. The zero-order valence-electron chi connectivity index (χ0n) is 39.9. The van der Waals surface area contributed by atoms with Crippen LogP contribution in [-0.2, 0) is 57.6 Å². The van der Waals surface area contributed by atoms with Crippen molar-refractivity contribution in [1.29, 1.82) is 0 Å². The summed E-state index contributed by atoms with van der Waals surface area (Å²) in [7, 11) is 1.70. The van der Waals surface area contributed by atoms with Crippen molar-refractivity contribution in [2.45, 2.75) is 110 Å². The minimum absolute atomic E-state index is 0.0265. The summed E-state index contributed by atoms with van der Waals surface area (Å²) in [5.74, 6) is -1.94. The van der Waals surface area contributed by atoms with Gasteiger partial charge in [-0.25, -0.2) is 5.43 Å². The first-order valence-corrected chi connectivity index (χ1v) is 23.6. The van der Waals surface area contributed by atoms with Crippen LogP contribution in [0.15, 0.2) is 73.4 Å². The third-order valence-corrected chi connectivity index (χ3v) is 14.1. The summed E-state index contributed by atoms with van der Waals surface area (Å²) in [4.78, 5) is 77.1. The van der Waals surface area contributed by atoms with Crippen molar-refractivity contribution in [2.75, 3.05) is 46.7 Å². The van der Waals surface area contributed by atoms with Gasteiger partial charge in [0.15, 0.2) is 5.60 Å². The normalized spacial score (nSPS) is 24.2. The predicted octanol–water partition coefficient (Wildman–Crippen LogP) is 5.79. The van der Waals surface area contributed by atoms with Gasteiger partial charge in [-0.05, 0) is 97.0 Å². The Morgan fingerprint density at radius 1 is 1.04 bits per heavy atom. The number of carbonyl (C=O) groups is 5. The quantitative estimate of drug-likeness (QED) is 0.147. The number of aryl methyl sites for hydroxylation is 1. The molecule has 1 spiro atoms. The lowest BCUT2D eigenvalue weighted by molar-refractivity contribution is -0.148. The molecule has 4 aliphatic rings. The van der Waals surface area contributed by atoms with E-state index < -0.39 is 40.5 Å². The highest BCUT2D eigenvalue weighted by atomic mass is 16.5. The van der Waals surface area contributed by atoms with Crippen molar-refractivity contribution in [2.24, 2.45) is 11.3 Å². The number of rotatable bonds is 10. The Kier molecular flexibility index (Phi) is 13.6. The van der Waals surface area contributed by atoms with Gasteiger partial charge < -0.3 is 38.7 Å². The van der Waals surface area contributed by atoms with Crippen LogP contribution in [0.3, 0.4) is 0 Å². The number of aromatic nitrogens is 2. The van der Waals surface area contributed by atoms with Crippen LogP contribution in [0.2, 0.25) is 0 Å². The number of benzene rings is 2. The zero-order chi connectivity index (χ0) is 47.8. The van der Waals surface area contributed by atoms with E-state index in [1.165, 1.54) is 20.9 Å². The van der Waals surface area contributed by atoms with Crippen LogP contribution < -0.4 is 10.7 Å². The monoisotopic (exact) mass is 915 g/mol. The summed E-state index contributed by atoms with van der Waals surface area (Å²) in [6.07, 6.45) is 5.65. The van der Waals surface area contributed by atoms with E-state index in [0.29, 0.717) is 51.9 Å². The van der Waals surface area contributed by atoms with E-state index in [0.717, 1.165) is 56.4 Å². The van der Waals surface area contributed by atoms with Crippen LogP contribution in [0.5, 0.6) is 0 Å². The zero-order valence-corrected chi connectivity index (χ0v) is 39.9. The third-order valence-electron chi connectivity index (χ3n) is 14.1. The van der Waals surface area contributed by atoms with Crippen molar-refractivity contribution in [3.8, 4) is 22.4 Å². The first kappa shape index (κ1) is 47.7. The molecule has 0 radical (unpaired) electrons. The number of ether oxygens (including phenoxy) is 3. The number of hydrazine groups is 1. The average molecular weight is 916 g/mol. The number of nitrogens with zero attached hydrogens (tertiary/aromatic N) is 5. The van der Waals surface area contributed by atoms with E-state index in [-0.39, 0.29) is 50.1 Å². The van der Waals surface area contributed by atoms with Gasteiger partial charge in [-0.1, -0.05) is 64.6 Å². The van der Waals surface area contributed by atoms with Gasteiger partial charge in [0, 0.05) is 62.2 Å². The molecule has 5 atom stereocenters. The average Bonchev–Trinajstić information content (AvgIpc) is 4.00. The molecule has 356 valence electrons. The molecule has 15 heteroatoms. The number of methoxy groups -OCH3 is 1. The van der Waals surface area contributed by atoms with E-state index >= 15 is 0 Å². The summed E-state index contributed by atoms with van der Waals surface area (Å²) in [6.45, 7) is 17.4. The highest BCUT2D eigenvalue weighted by Crippen LogP contribution is 2.42. The van der Waals surface area contributed by atoms with Gasteiger partial charge in [-0.15, -0.1) is 0 Å². The number of likely N-dealkylation sites (tertiary alicyclic amines) is 1. The SMILES string of the molecule is C=CC(=O)N1CC[C@@]2(C1)OCN([C@H](C(=O)N[C@H]1Cc3cccc(c3)-c3ccc4c(c3)c(c(-c3cccnc3[C@H](C)OC)n4CC)CC(C)(C)COC[C@@]3(C=O)CCCN(N3)C1=O)C(C)C)C2=O. The number of hydrogen-bond donors (Lipinski definition) is 2. The molecular formula is C52H65N7O8. The van der Waals surface area contributed by atoms with E-state index in [2.05, 4.69) is 73.0 Å². The van der Waals surface area contributed by atoms with E-state index in [9.17, 15) is 24.0 Å². The molecule has 0 aliphatic carbocycles. The molecule has 6 bridgehead atoms. The molecule has 3 fully saturated rings. The lowest BCUT2D eigenvalue weighted by Gasteiger charge is -2.42. The molecule has 4 aromatic rings. The van der Waals surface area contributed by atoms with E-state index in [1.54, 1.807) is 13.3 Å². The Morgan fingerprint density at radius 2 is 1.84 bits per heavy atom. The van der Waals surface area contributed by atoms with Crippen molar-refractivity contribution >= 4 is 40.8 Å². The topological polar surface area (TPSA) is 165 Å². The van der Waals surface area contributed by atoms with Crippen LogP contribution in [0.25, 0.3) is 33.3 Å². The Hall–Kier alpha value is -5.74. The molecule has 4 aliphatic heterocycles. The molecule has 8 rings (SSSR count). The van der Waals surface area contributed by atoms with Crippen LogP contribution in [-0.4, -0.2) is 124 Å². The lowest BCUT2D eigenvalue weighted by atomic mass is 9.84. The standard InChI is InChI=1S/C52H65N7O8/c1-9-43(61)56-23-20-52(28-56)49(64)58(32-67-52)45(33(3)4)47(62)54-41-25-35-14-11-15-36(24-35)37-17-18-42-39(26-37)40(46(57(42)10-2)38-16-12-21-53-44(38)34(5)65-8)27-50(6,7)30-66-31-51(29-60)19-13-22-59(55-51)48(41)63/h9,11-12,14-18,21,24,26,29,33-34,41,45,55H,1,10,13,19-20,22-23,25,27-28,30-32H2,2-8H3,(H,54,62)/t34-,41-,45-,51-,52-/m0/s1. The van der Waals surface area contributed by atoms with Crippen LogP contribution in [0, 0.1) is 11.3 Å². The molecule has 2 aromatic carbocycles. The summed E-state index contributed by atoms with van der Waals surface area (Å²) >= 11 is 0. The maximum Gasteiger partial charge on any atom is 0.259 e. The third kappa shape index (κ3) is 9.18. The summed E-state index contributed by atoms with van der Waals surface area (Å²) in [5.41, 5.74) is 8.30. The molecule has 15 nitrogen and oxygen atoms in total. The largest absolute Gasteiger partial charge is 0.378 e. The van der Waals surface area contributed by atoms with Crippen molar-refractivity contribution in [3.63, 3.8) is 0 Å². The first-order chi connectivity index (χ1) is 32.1. The second-order valence-electron chi connectivity index (χ2n) is 19.8. The van der Waals surface area contributed by atoms with Gasteiger partial charge in [-0.3, -0.25) is 29.2 Å². The molecule has 0 unspecified atom stereocenters. The second-order valence-corrected chi connectivity index (χ2v) is 19.8. The highest BCUT2D eigenvalue weighted by Gasteiger charge is 2.56. The number of aldehydes is 1. The number of hydrogen-bond acceptors (Lipinski definition) is 10. The van der Waals surface area contributed by atoms with Crippen molar-refractivity contribution in [3.05, 3.63) is 90.3 Å². The Bertz CT molecular complexity index is 2570. The molecule has 2 N–H and O–H groups in total. The maximum atomic E-state index is 14.9. The van der Waals surface area contributed by atoms with E-state index in [4.69, 9.17) is 19.2 Å². The summed E-state index contributed by atoms with van der Waals surface area (Å²) < 4.78 is 20.8. The molecule has 3 saturated heterocycles. The van der Waals surface area contributed by atoms with Crippen LogP contribution >= 0.6 is 0 Å². The molecule has 6 heterocycles. The number of pyridine rings is 1. The smallest absolute Gasteiger partial charge is 0.259 e. The first-order valence-electron chi connectivity index (χ1n) is 23.6. The Labute approximate surface area is 393 Å². The number of nitrogens with one attached hydrogen (secondary N) is 2. The van der Waals surface area contributed by atoms with Gasteiger partial charge >= 0.3 is 0 Å². The molecule has 67 heavy (non-hydrogen) atoms. The fourth-order valence-corrected chi connectivity index (χ4v) is 10.6. The maximum absolute atomic E-state index is 14.9. The van der Waals surface area contributed by atoms with Crippen molar-refractivity contribution < 1.29 is 38.2 Å². The molecule has 4 amide bonds. The molecule has 0 saturated carbocycles. The Balaban J connectivity index is 1.19. The van der Waals surface area contributed by atoms with Gasteiger partial charge in [-0.2, -0.15) is 0 Å². The van der Waals surface area contributed by atoms with E-state index in [1.807, 2.05) is 45.0 Å². The lowest BCUT2D eigenvalue weighted by Crippen LogP contribution is -2.66. The van der Waals surface area contributed by atoms with Gasteiger partial charge in [0.05, 0.1) is 37.3 Å². The predicted molar refractivity (Wildman–Crippen MR) is 254 cm³/mol. The number of fused-ring (bicyclic) bond motifs is 6. The molecule has 2 aromatic heterocycles.